The number of nitrogens with one attached hydrogen (secondary N) is 2. The van der Waals surface area contributed by atoms with Crippen LogP contribution in [0.25, 0.3) is 28.0 Å². The summed E-state index contributed by atoms with van der Waals surface area (Å²) in [6.45, 7) is 14.9. The molecule has 7 nitrogen and oxygen atoms in total. The molecular weight excluding hydrogens is 512 g/mol. The maximum absolute atomic E-state index is 13.5. The summed E-state index contributed by atoms with van der Waals surface area (Å²) in [5, 5.41) is 2.70. The van der Waals surface area contributed by atoms with Crippen molar-refractivity contribution < 1.29 is 14.3 Å². The van der Waals surface area contributed by atoms with Gasteiger partial charge in [0.15, 0.2) is 0 Å². The first kappa shape index (κ1) is 28.4. The lowest BCUT2D eigenvalue weighted by Gasteiger charge is -2.30. The molecule has 1 saturated heterocycles. The van der Waals surface area contributed by atoms with Crippen molar-refractivity contribution in [1.82, 2.24) is 20.2 Å². The van der Waals surface area contributed by atoms with Crippen LogP contribution in [0.5, 0.6) is 0 Å². The lowest BCUT2D eigenvalue weighted by molar-refractivity contribution is -0.135. The van der Waals surface area contributed by atoms with Gasteiger partial charge in [0.1, 0.15) is 11.9 Å². The maximum atomic E-state index is 13.5. The number of likely N-dealkylation sites (tertiary alicyclic amines) is 1. The second-order valence-electron chi connectivity index (χ2n) is 11.5. The molecule has 0 bridgehead atoms. The van der Waals surface area contributed by atoms with Gasteiger partial charge in [-0.1, -0.05) is 76.4 Å². The van der Waals surface area contributed by atoms with Gasteiger partial charge in [-0.3, -0.25) is 4.79 Å². The zero-order valence-electron chi connectivity index (χ0n) is 24.5. The van der Waals surface area contributed by atoms with E-state index in [1.165, 1.54) is 34.9 Å². The van der Waals surface area contributed by atoms with E-state index in [9.17, 15) is 9.59 Å². The Morgan fingerprint density at radius 3 is 2.56 bits per heavy atom. The Morgan fingerprint density at radius 2 is 1.88 bits per heavy atom. The molecule has 1 aromatic heterocycles. The molecule has 3 atom stereocenters. The van der Waals surface area contributed by atoms with E-state index in [0.717, 1.165) is 48.3 Å². The Kier molecular flexibility index (Phi) is 8.15. The van der Waals surface area contributed by atoms with Gasteiger partial charge in [-0.05, 0) is 76.5 Å². The van der Waals surface area contributed by atoms with Crippen LogP contribution in [-0.4, -0.2) is 46.6 Å². The third-order valence-corrected chi connectivity index (χ3v) is 8.61. The predicted octanol–water partition coefficient (Wildman–Crippen LogP) is 7.04. The molecule has 2 aliphatic rings. The number of carbonyl (C=O) groups excluding carboxylic acids is 2. The van der Waals surface area contributed by atoms with Gasteiger partial charge < -0.3 is 19.9 Å². The number of nitrogens with zero attached hydrogens (tertiary/aromatic N) is 2. The second-order valence-corrected chi connectivity index (χ2v) is 11.5. The molecule has 2 amide bonds. The van der Waals surface area contributed by atoms with Crippen molar-refractivity contribution in [3.05, 3.63) is 84.3 Å². The number of hydrogen-bond donors (Lipinski definition) is 2. The molecular formula is C34H40N4O3. The Balaban J connectivity index is 1.37. The summed E-state index contributed by atoms with van der Waals surface area (Å²) < 4.78 is 4.74. The molecule has 0 saturated carbocycles. The monoisotopic (exact) mass is 552 g/mol. The van der Waals surface area contributed by atoms with Crippen molar-refractivity contribution in [3.8, 4) is 22.4 Å². The van der Waals surface area contributed by atoms with Gasteiger partial charge in [-0.15, -0.1) is 0 Å². The molecule has 2 N–H and O–H groups in total. The third kappa shape index (κ3) is 5.45. The number of carbonyl (C=O) groups is 2. The van der Waals surface area contributed by atoms with Crippen LogP contribution in [0, 0.1) is 5.92 Å². The molecule has 3 aromatic rings. The fourth-order valence-electron chi connectivity index (χ4n) is 6.34. The number of ether oxygens (including phenoxy) is 1. The quantitative estimate of drug-likeness (QED) is 0.294. The van der Waals surface area contributed by atoms with Gasteiger partial charge in [0.25, 0.3) is 0 Å². The zero-order chi connectivity index (χ0) is 29.3. The predicted molar refractivity (Wildman–Crippen MR) is 163 cm³/mol. The van der Waals surface area contributed by atoms with E-state index >= 15 is 0 Å². The molecule has 0 spiro atoms. The fourth-order valence-corrected chi connectivity index (χ4v) is 6.34. The number of methoxy groups -OCH3 is 1. The summed E-state index contributed by atoms with van der Waals surface area (Å²) in [6.07, 6.45) is 7.00. The molecule has 0 radical (unpaired) electrons. The Labute approximate surface area is 242 Å². The smallest absolute Gasteiger partial charge is 0.407 e. The Morgan fingerprint density at radius 1 is 1.15 bits per heavy atom. The van der Waals surface area contributed by atoms with Gasteiger partial charge in [-0.25, -0.2) is 9.78 Å². The number of amides is 2. The lowest BCUT2D eigenvalue weighted by Crippen LogP contribution is -2.51. The van der Waals surface area contributed by atoms with E-state index in [4.69, 9.17) is 4.74 Å². The molecule has 1 aliphatic carbocycles. The van der Waals surface area contributed by atoms with Gasteiger partial charge in [-0.2, -0.15) is 0 Å². The first-order valence-electron chi connectivity index (χ1n) is 14.5. The number of allylic oxidation sites excluding steroid dienone is 2. The van der Waals surface area contributed by atoms with Gasteiger partial charge in [0.2, 0.25) is 5.91 Å². The summed E-state index contributed by atoms with van der Waals surface area (Å²) in [7, 11) is 1.30. The number of H-pyrrole nitrogens is 1. The molecule has 1 fully saturated rings. The van der Waals surface area contributed by atoms with Crippen molar-refractivity contribution in [1.29, 1.82) is 0 Å². The number of benzene rings is 2. The first-order chi connectivity index (χ1) is 19.7. The van der Waals surface area contributed by atoms with Gasteiger partial charge in [0, 0.05) is 6.54 Å². The topological polar surface area (TPSA) is 87.3 Å². The minimum atomic E-state index is -0.655. The number of hydrogen-bond acceptors (Lipinski definition) is 4. The minimum absolute atomic E-state index is 0.0743. The summed E-state index contributed by atoms with van der Waals surface area (Å²) in [5.41, 5.74) is 9.45. The van der Waals surface area contributed by atoms with Crippen molar-refractivity contribution >= 4 is 17.6 Å². The van der Waals surface area contributed by atoms with E-state index in [-0.39, 0.29) is 17.9 Å². The van der Waals surface area contributed by atoms with Crippen molar-refractivity contribution in [2.75, 3.05) is 13.7 Å². The molecule has 214 valence electrons. The van der Waals surface area contributed by atoms with E-state index < -0.39 is 12.1 Å². The average Bonchev–Trinajstić information content (AvgIpc) is 3.75. The number of aromatic amines is 1. The van der Waals surface area contributed by atoms with Crippen molar-refractivity contribution in [2.24, 2.45) is 5.92 Å². The van der Waals surface area contributed by atoms with E-state index in [2.05, 4.69) is 71.8 Å². The molecule has 2 unspecified atom stereocenters. The average molecular weight is 553 g/mol. The molecule has 7 heteroatoms. The Hall–Kier alpha value is -4.13. The molecule has 2 heterocycles. The largest absolute Gasteiger partial charge is 0.453 e. The van der Waals surface area contributed by atoms with Crippen LogP contribution in [0.3, 0.4) is 0 Å². The van der Waals surface area contributed by atoms with Crippen LogP contribution in [0.15, 0.2) is 61.8 Å². The van der Waals surface area contributed by atoms with Crippen LogP contribution in [0.4, 0.5) is 4.79 Å². The highest BCUT2D eigenvalue weighted by Crippen LogP contribution is 2.43. The highest BCUT2D eigenvalue weighted by atomic mass is 16.5. The summed E-state index contributed by atoms with van der Waals surface area (Å²) >= 11 is 0. The summed E-state index contributed by atoms with van der Waals surface area (Å²) in [5.74, 6) is 1.08. The van der Waals surface area contributed by atoms with E-state index in [0.29, 0.717) is 12.5 Å². The van der Waals surface area contributed by atoms with E-state index in [1.54, 1.807) is 0 Å². The van der Waals surface area contributed by atoms with Crippen LogP contribution >= 0.6 is 0 Å². The third-order valence-electron chi connectivity index (χ3n) is 8.61. The Bertz CT molecular complexity index is 1470. The normalized spacial score (nSPS) is 18.7. The molecule has 5 rings (SSSR count). The van der Waals surface area contributed by atoms with Crippen molar-refractivity contribution in [3.63, 3.8) is 0 Å². The number of aromatic nitrogens is 2. The maximum Gasteiger partial charge on any atom is 0.407 e. The van der Waals surface area contributed by atoms with E-state index in [1.807, 2.05) is 31.0 Å². The van der Waals surface area contributed by atoms with Crippen LogP contribution in [-0.2, 0) is 16.0 Å². The van der Waals surface area contributed by atoms with Crippen molar-refractivity contribution in [2.45, 2.75) is 64.5 Å². The zero-order valence-corrected chi connectivity index (χ0v) is 24.5. The molecule has 41 heavy (non-hydrogen) atoms. The van der Waals surface area contributed by atoms with Gasteiger partial charge >= 0.3 is 6.09 Å². The lowest BCUT2D eigenvalue weighted by atomic mass is 9.88. The summed E-state index contributed by atoms with van der Waals surface area (Å²) in [4.78, 5) is 35.3. The molecule has 1 aliphatic heterocycles. The minimum Gasteiger partial charge on any atom is -0.453 e. The van der Waals surface area contributed by atoms with Crippen LogP contribution in [0.1, 0.15) is 74.5 Å². The van der Waals surface area contributed by atoms with Gasteiger partial charge in [0.05, 0.1) is 25.0 Å². The highest BCUT2D eigenvalue weighted by Gasteiger charge is 2.37. The standard InChI is InChI=1S/C34H40N4O3/c1-7-21(4)25-16-17-26(30-22(5)10-15-27(25)30)23-11-13-24(14-12-23)28-19-35-32(36-28)29-9-8-18-38(29)33(39)31(20(2)3)37-34(40)41-6/h7,11-14,16-17,19-20,22,29,31H,1,4,8-10,15,18H2,2-3,5-6H3,(H,35,36)(H,37,40)/t22?,29-,31?/m0/s1. The second kappa shape index (κ2) is 11.8. The SMILES string of the molecule is C=CC(=C)c1ccc(-c2ccc(-c3cnc([C@@H]4CCCN4C(=O)C(NC(=O)OC)C(C)C)[nH]3)cc2)c2c1CCC2C. The number of fused-ring (bicyclic) bond motifs is 1. The first-order valence-corrected chi connectivity index (χ1v) is 14.5. The number of imidazole rings is 1. The van der Waals surface area contributed by atoms with Crippen LogP contribution in [0.2, 0.25) is 0 Å². The summed E-state index contributed by atoms with van der Waals surface area (Å²) in [6, 6.07) is 12.2. The molecule has 2 aromatic carbocycles. The number of alkyl carbamates (subject to hydrolysis) is 1. The van der Waals surface area contributed by atoms with Crippen LogP contribution < -0.4 is 5.32 Å². The highest BCUT2D eigenvalue weighted by molar-refractivity contribution is 5.86. The number of rotatable bonds is 8. The fraction of sp³-hybridized carbons (Fsp3) is 0.382.